The third-order valence-corrected chi connectivity index (χ3v) is 4.99. The maximum absolute atomic E-state index is 12.0. The lowest BCUT2D eigenvalue weighted by atomic mass is 10.1. The van der Waals surface area contributed by atoms with Crippen LogP contribution in [-0.4, -0.2) is 35.8 Å². The molecule has 0 spiro atoms. The first-order valence-electron chi connectivity index (χ1n) is 12.2. The molecule has 1 aromatic heterocycles. The predicted molar refractivity (Wildman–Crippen MR) is 131 cm³/mol. The van der Waals surface area contributed by atoms with Crippen LogP contribution in [-0.2, 0) is 9.53 Å². The van der Waals surface area contributed by atoms with Gasteiger partial charge in [0.15, 0.2) is 11.6 Å². The van der Waals surface area contributed by atoms with Crippen molar-refractivity contribution in [1.29, 1.82) is 0 Å². The molecule has 0 bridgehead atoms. The Bertz CT molecular complexity index is 804. The lowest BCUT2D eigenvalue weighted by Crippen LogP contribution is -2.03. The molecule has 0 saturated carbocycles. The molecular weight excluding hydrogens is 416 g/mol. The van der Waals surface area contributed by atoms with E-state index < -0.39 is 0 Å². The van der Waals surface area contributed by atoms with Crippen molar-refractivity contribution in [2.75, 3.05) is 19.8 Å². The number of benzene rings is 1. The van der Waals surface area contributed by atoms with E-state index in [4.69, 9.17) is 14.2 Å². The molecule has 0 aliphatic rings. The number of esters is 1. The Morgan fingerprint density at radius 2 is 1.55 bits per heavy atom. The molecule has 0 aliphatic carbocycles. The summed E-state index contributed by atoms with van der Waals surface area (Å²) in [6, 6.07) is 7.18. The Morgan fingerprint density at radius 3 is 2.27 bits per heavy atom. The van der Waals surface area contributed by atoms with Crippen molar-refractivity contribution in [2.45, 2.75) is 71.6 Å². The van der Waals surface area contributed by atoms with Crippen LogP contribution in [0, 0.1) is 0 Å². The van der Waals surface area contributed by atoms with Crippen LogP contribution in [0.2, 0.25) is 0 Å². The van der Waals surface area contributed by atoms with Gasteiger partial charge in [-0.05, 0) is 56.4 Å². The maximum Gasteiger partial charge on any atom is 0.335 e. The molecule has 1 aromatic carbocycles. The van der Waals surface area contributed by atoms with Crippen LogP contribution in [0.3, 0.4) is 0 Å². The lowest BCUT2D eigenvalue weighted by Gasteiger charge is -2.07. The summed E-state index contributed by atoms with van der Waals surface area (Å²) in [4.78, 5) is 20.7. The number of carbonyl (C=O) groups excluding carboxylic acids is 1. The molecule has 0 saturated heterocycles. The first-order chi connectivity index (χ1) is 16.2. The SMILES string of the molecule is CCCCCCC/C=C/C(=O)Oc1ccc(-c2ncc(OCCCCOCCC)cn2)cc1. The Morgan fingerprint density at radius 1 is 0.818 bits per heavy atom. The standard InChI is InChI=1S/C27H38N2O4/c1-3-5-6-7-8-9-10-13-26(30)33-24-16-14-23(15-17-24)27-28-21-25(22-29-27)32-20-12-11-19-31-18-4-2/h10,13-17,21-22H,3-9,11-12,18-20H2,1-2H3/b13-10+. The van der Waals surface area contributed by atoms with Gasteiger partial charge in [0.2, 0.25) is 0 Å². The minimum Gasteiger partial charge on any atom is -0.490 e. The third-order valence-electron chi connectivity index (χ3n) is 4.99. The molecule has 33 heavy (non-hydrogen) atoms. The quantitative estimate of drug-likeness (QED) is 0.117. The monoisotopic (exact) mass is 454 g/mol. The second-order valence-electron chi connectivity index (χ2n) is 7.96. The number of carbonyl (C=O) groups is 1. The maximum atomic E-state index is 12.0. The van der Waals surface area contributed by atoms with E-state index in [-0.39, 0.29) is 5.97 Å². The van der Waals surface area contributed by atoms with E-state index in [1.807, 2.05) is 18.2 Å². The summed E-state index contributed by atoms with van der Waals surface area (Å²) in [5.74, 6) is 1.39. The number of hydrogen-bond acceptors (Lipinski definition) is 6. The number of nitrogens with zero attached hydrogens (tertiary/aromatic N) is 2. The van der Waals surface area contributed by atoms with E-state index in [2.05, 4.69) is 23.8 Å². The molecule has 0 unspecified atom stereocenters. The highest BCUT2D eigenvalue weighted by Crippen LogP contribution is 2.20. The van der Waals surface area contributed by atoms with Gasteiger partial charge in [0.1, 0.15) is 5.75 Å². The van der Waals surface area contributed by atoms with Gasteiger partial charge >= 0.3 is 5.97 Å². The molecule has 0 radical (unpaired) electrons. The van der Waals surface area contributed by atoms with Gasteiger partial charge in [-0.25, -0.2) is 14.8 Å². The Labute approximate surface area is 198 Å². The van der Waals surface area contributed by atoms with E-state index >= 15 is 0 Å². The molecule has 0 atom stereocenters. The first-order valence-corrected chi connectivity index (χ1v) is 12.2. The minimum absolute atomic E-state index is 0.356. The highest BCUT2D eigenvalue weighted by Gasteiger charge is 2.05. The summed E-state index contributed by atoms with van der Waals surface area (Å²) < 4.78 is 16.5. The van der Waals surface area contributed by atoms with Gasteiger partial charge in [-0.2, -0.15) is 0 Å². The van der Waals surface area contributed by atoms with Crippen LogP contribution in [0.15, 0.2) is 48.8 Å². The number of hydrogen-bond donors (Lipinski definition) is 0. The number of aromatic nitrogens is 2. The fraction of sp³-hybridized carbons (Fsp3) is 0.519. The van der Waals surface area contributed by atoms with Gasteiger partial charge in [-0.1, -0.05) is 45.6 Å². The fourth-order valence-electron chi connectivity index (χ4n) is 3.15. The summed E-state index contributed by atoms with van der Waals surface area (Å²) >= 11 is 0. The molecule has 0 fully saturated rings. The number of allylic oxidation sites excluding steroid dienone is 1. The average Bonchev–Trinajstić information content (AvgIpc) is 2.84. The van der Waals surface area contributed by atoms with Crippen molar-refractivity contribution < 1.29 is 19.0 Å². The van der Waals surface area contributed by atoms with Crippen molar-refractivity contribution in [3.8, 4) is 22.9 Å². The van der Waals surface area contributed by atoms with Gasteiger partial charge in [-0.15, -0.1) is 0 Å². The Balaban J connectivity index is 1.70. The van der Waals surface area contributed by atoms with Crippen LogP contribution in [0.1, 0.15) is 71.6 Å². The zero-order chi connectivity index (χ0) is 23.6. The molecule has 0 amide bonds. The summed E-state index contributed by atoms with van der Waals surface area (Å²) in [7, 11) is 0. The number of ether oxygens (including phenoxy) is 3. The van der Waals surface area contributed by atoms with Crippen LogP contribution in [0.25, 0.3) is 11.4 Å². The number of unbranched alkanes of at least 4 members (excludes halogenated alkanes) is 6. The van der Waals surface area contributed by atoms with Crippen molar-refractivity contribution in [2.24, 2.45) is 0 Å². The van der Waals surface area contributed by atoms with Crippen molar-refractivity contribution in [1.82, 2.24) is 9.97 Å². The van der Waals surface area contributed by atoms with Crippen LogP contribution < -0.4 is 9.47 Å². The van der Waals surface area contributed by atoms with E-state index in [9.17, 15) is 4.79 Å². The average molecular weight is 455 g/mol. The molecule has 2 aromatic rings. The smallest absolute Gasteiger partial charge is 0.335 e. The molecule has 1 heterocycles. The van der Waals surface area contributed by atoms with E-state index in [1.54, 1.807) is 24.5 Å². The first kappa shape index (κ1) is 26.5. The fourth-order valence-corrected chi connectivity index (χ4v) is 3.15. The van der Waals surface area contributed by atoms with Crippen molar-refractivity contribution in [3.63, 3.8) is 0 Å². The van der Waals surface area contributed by atoms with Gasteiger partial charge in [-0.3, -0.25) is 0 Å². The van der Waals surface area contributed by atoms with Gasteiger partial charge in [0.05, 0.1) is 19.0 Å². The van der Waals surface area contributed by atoms with Crippen LogP contribution in [0.4, 0.5) is 0 Å². The molecular formula is C27H38N2O4. The van der Waals surface area contributed by atoms with Crippen molar-refractivity contribution in [3.05, 3.63) is 48.8 Å². The summed E-state index contributed by atoms with van der Waals surface area (Å²) in [5, 5.41) is 0. The van der Waals surface area contributed by atoms with E-state index in [0.717, 1.165) is 50.9 Å². The largest absolute Gasteiger partial charge is 0.490 e. The van der Waals surface area contributed by atoms with Gasteiger partial charge in [0, 0.05) is 24.9 Å². The second kappa shape index (κ2) is 16.8. The third kappa shape index (κ3) is 11.6. The normalized spacial score (nSPS) is 11.1. The molecule has 0 aliphatic heterocycles. The lowest BCUT2D eigenvalue weighted by molar-refractivity contribution is -0.129. The summed E-state index contributed by atoms with van der Waals surface area (Å²) in [6.45, 7) is 6.51. The van der Waals surface area contributed by atoms with Crippen LogP contribution >= 0.6 is 0 Å². The molecule has 0 N–H and O–H groups in total. The van der Waals surface area contributed by atoms with Crippen LogP contribution in [0.5, 0.6) is 11.5 Å². The van der Waals surface area contributed by atoms with Gasteiger partial charge < -0.3 is 14.2 Å². The minimum atomic E-state index is -0.356. The van der Waals surface area contributed by atoms with Gasteiger partial charge in [0.25, 0.3) is 0 Å². The molecule has 2 rings (SSSR count). The molecule has 6 nitrogen and oxygen atoms in total. The second-order valence-corrected chi connectivity index (χ2v) is 7.96. The summed E-state index contributed by atoms with van der Waals surface area (Å²) in [5.41, 5.74) is 0.844. The zero-order valence-electron chi connectivity index (χ0n) is 20.1. The Kier molecular flexibility index (Phi) is 13.5. The summed E-state index contributed by atoms with van der Waals surface area (Å²) in [6.07, 6.45) is 16.7. The molecule has 180 valence electrons. The number of rotatable bonds is 17. The topological polar surface area (TPSA) is 70.5 Å². The predicted octanol–water partition coefficient (Wildman–Crippen LogP) is 6.55. The molecule has 6 heteroatoms. The Hall–Kier alpha value is -2.73. The van der Waals surface area contributed by atoms with E-state index in [1.165, 1.54) is 31.8 Å². The highest BCUT2D eigenvalue weighted by atomic mass is 16.5. The van der Waals surface area contributed by atoms with Crippen molar-refractivity contribution >= 4 is 5.97 Å². The zero-order valence-corrected chi connectivity index (χ0v) is 20.1. The highest BCUT2D eigenvalue weighted by molar-refractivity contribution is 5.84. The van der Waals surface area contributed by atoms with E-state index in [0.29, 0.717) is 23.9 Å².